The molecule has 28 heavy (non-hydrogen) atoms. The molecular formula is C23H30N2O3. The Morgan fingerprint density at radius 3 is 2.32 bits per heavy atom. The second-order valence-electron chi connectivity index (χ2n) is 7.27. The van der Waals surface area contributed by atoms with Crippen molar-refractivity contribution in [2.45, 2.75) is 52.9 Å². The molecule has 0 fully saturated rings. The number of unbranched alkanes of at least 4 members (excludes halogenated alkanes) is 1. The summed E-state index contributed by atoms with van der Waals surface area (Å²) in [6.07, 6.45) is 2.33. The number of amides is 2. The highest BCUT2D eigenvalue weighted by Gasteiger charge is 2.11. The van der Waals surface area contributed by atoms with Gasteiger partial charge in [0.2, 0.25) is 5.91 Å². The molecule has 0 bridgehead atoms. The van der Waals surface area contributed by atoms with Crippen LogP contribution >= 0.6 is 0 Å². The molecule has 2 aromatic carbocycles. The van der Waals surface area contributed by atoms with Crippen LogP contribution < -0.4 is 15.4 Å². The lowest BCUT2D eigenvalue weighted by Gasteiger charge is -2.15. The van der Waals surface area contributed by atoms with Gasteiger partial charge in [0.15, 0.2) is 6.61 Å². The van der Waals surface area contributed by atoms with Crippen molar-refractivity contribution < 1.29 is 14.3 Å². The summed E-state index contributed by atoms with van der Waals surface area (Å²) in [4.78, 5) is 24.2. The number of rotatable bonds is 9. The Bertz CT molecular complexity index is 815. The van der Waals surface area contributed by atoms with Crippen LogP contribution in [0.1, 0.15) is 57.1 Å². The van der Waals surface area contributed by atoms with E-state index in [9.17, 15) is 9.59 Å². The quantitative estimate of drug-likeness (QED) is 0.621. The second kappa shape index (κ2) is 10.5. The van der Waals surface area contributed by atoms with Gasteiger partial charge in [-0.15, -0.1) is 0 Å². The first-order chi connectivity index (χ1) is 13.4. The predicted octanol–water partition coefficient (Wildman–Crippen LogP) is 5.26. The first-order valence-electron chi connectivity index (χ1n) is 9.82. The van der Waals surface area contributed by atoms with Gasteiger partial charge in [-0.25, -0.2) is 0 Å². The van der Waals surface area contributed by atoms with Gasteiger partial charge >= 0.3 is 0 Å². The minimum absolute atomic E-state index is 0.0191. The van der Waals surface area contributed by atoms with Crippen LogP contribution in [0.3, 0.4) is 0 Å². The van der Waals surface area contributed by atoms with E-state index in [-0.39, 0.29) is 18.4 Å². The van der Waals surface area contributed by atoms with E-state index < -0.39 is 0 Å². The maximum atomic E-state index is 12.3. The largest absolute Gasteiger partial charge is 0.483 e. The fraction of sp³-hybridized carbons (Fsp3) is 0.391. The molecule has 0 radical (unpaired) electrons. The zero-order valence-corrected chi connectivity index (χ0v) is 17.2. The monoisotopic (exact) mass is 382 g/mol. The molecular weight excluding hydrogens is 352 g/mol. The SMILES string of the molecule is CCCCC(=O)Nc1cccc(NC(=O)COc2cc(C)ccc2C(C)C)c1. The third-order valence-electron chi connectivity index (χ3n) is 4.34. The standard InChI is InChI=1S/C23H30N2O3/c1-5-6-10-22(26)24-18-8-7-9-19(14-18)25-23(27)15-28-21-13-17(4)11-12-20(21)16(2)3/h7-9,11-14,16H,5-6,10,15H2,1-4H3,(H,24,26)(H,25,27). The van der Waals surface area contributed by atoms with Crippen LogP contribution in [0, 0.1) is 6.92 Å². The Hall–Kier alpha value is -2.82. The third-order valence-corrected chi connectivity index (χ3v) is 4.34. The van der Waals surface area contributed by atoms with E-state index in [1.165, 1.54) is 0 Å². The Balaban J connectivity index is 1.94. The van der Waals surface area contributed by atoms with Gasteiger partial charge in [0.05, 0.1) is 0 Å². The molecule has 2 amide bonds. The number of ether oxygens (including phenoxy) is 1. The number of anilines is 2. The molecule has 0 unspecified atom stereocenters. The first-order valence-corrected chi connectivity index (χ1v) is 9.82. The zero-order valence-electron chi connectivity index (χ0n) is 17.2. The summed E-state index contributed by atoms with van der Waals surface area (Å²) in [5, 5.41) is 5.67. The number of carbonyl (C=O) groups excluding carboxylic acids is 2. The van der Waals surface area contributed by atoms with Crippen LogP contribution in [0.4, 0.5) is 11.4 Å². The number of carbonyl (C=O) groups is 2. The van der Waals surface area contributed by atoms with Gasteiger partial charge in [-0.3, -0.25) is 9.59 Å². The Kier molecular flexibility index (Phi) is 8.05. The molecule has 2 N–H and O–H groups in total. The van der Waals surface area contributed by atoms with Gasteiger partial charge < -0.3 is 15.4 Å². The smallest absolute Gasteiger partial charge is 0.262 e. The van der Waals surface area contributed by atoms with E-state index in [4.69, 9.17) is 4.74 Å². The number of nitrogens with one attached hydrogen (secondary N) is 2. The van der Waals surface area contributed by atoms with Crippen molar-refractivity contribution in [1.82, 2.24) is 0 Å². The predicted molar refractivity (Wildman–Crippen MR) is 114 cm³/mol. The average molecular weight is 383 g/mol. The van der Waals surface area contributed by atoms with E-state index in [0.29, 0.717) is 23.7 Å². The molecule has 0 aromatic heterocycles. The molecule has 150 valence electrons. The Labute approximate surface area is 167 Å². The van der Waals surface area contributed by atoms with Crippen molar-refractivity contribution in [1.29, 1.82) is 0 Å². The minimum atomic E-state index is -0.245. The highest BCUT2D eigenvalue weighted by molar-refractivity contribution is 5.94. The lowest BCUT2D eigenvalue weighted by atomic mass is 10.0. The van der Waals surface area contributed by atoms with Crippen LogP contribution in [0.25, 0.3) is 0 Å². The summed E-state index contributed by atoms with van der Waals surface area (Å²) in [6.45, 7) is 8.16. The molecule has 0 aliphatic heterocycles. The molecule has 5 heteroatoms. The van der Waals surface area contributed by atoms with E-state index >= 15 is 0 Å². The maximum Gasteiger partial charge on any atom is 0.262 e. The average Bonchev–Trinajstić information content (AvgIpc) is 2.64. The molecule has 0 saturated carbocycles. The summed E-state index contributed by atoms with van der Waals surface area (Å²) in [5.74, 6) is 0.786. The van der Waals surface area contributed by atoms with E-state index in [0.717, 1.165) is 29.7 Å². The van der Waals surface area contributed by atoms with Crippen molar-refractivity contribution in [3.63, 3.8) is 0 Å². The third kappa shape index (κ3) is 6.72. The van der Waals surface area contributed by atoms with Gasteiger partial charge in [-0.05, 0) is 54.7 Å². The summed E-state index contributed by atoms with van der Waals surface area (Å²) in [7, 11) is 0. The molecule has 0 saturated heterocycles. The van der Waals surface area contributed by atoms with Gasteiger partial charge in [-0.2, -0.15) is 0 Å². The van der Waals surface area contributed by atoms with Gasteiger partial charge in [0, 0.05) is 17.8 Å². The fourth-order valence-electron chi connectivity index (χ4n) is 2.82. The number of benzene rings is 2. The second-order valence-corrected chi connectivity index (χ2v) is 7.27. The molecule has 0 heterocycles. The number of hydrogen-bond acceptors (Lipinski definition) is 3. The van der Waals surface area contributed by atoms with Crippen molar-refractivity contribution in [2.24, 2.45) is 0 Å². The van der Waals surface area contributed by atoms with E-state index in [2.05, 4.69) is 24.5 Å². The van der Waals surface area contributed by atoms with Crippen molar-refractivity contribution >= 4 is 23.2 Å². The normalized spacial score (nSPS) is 10.6. The van der Waals surface area contributed by atoms with Crippen molar-refractivity contribution in [3.05, 3.63) is 53.6 Å². The summed E-state index contributed by atoms with van der Waals surface area (Å²) in [6, 6.07) is 13.2. The topological polar surface area (TPSA) is 67.4 Å². The highest BCUT2D eigenvalue weighted by Crippen LogP contribution is 2.27. The summed E-state index contributed by atoms with van der Waals surface area (Å²) >= 11 is 0. The van der Waals surface area contributed by atoms with Gasteiger partial charge in [0.1, 0.15) is 5.75 Å². The van der Waals surface area contributed by atoms with E-state index in [1.54, 1.807) is 24.3 Å². The van der Waals surface area contributed by atoms with Crippen LogP contribution in [-0.4, -0.2) is 18.4 Å². The van der Waals surface area contributed by atoms with Crippen LogP contribution in [0.15, 0.2) is 42.5 Å². The molecule has 0 aliphatic rings. The molecule has 2 aromatic rings. The zero-order chi connectivity index (χ0) is 20.5. The van der Waals surface area contributed by atoms with E-state index in [1.807, 2.05) is 32.0 Å². The lowest BCUT2D eigenvalue weighted by molar-refractivity contribution is -0.118. The molecule has 0 aliphatic carbocycles. The molecule has 2 rings (SSSR count). The number of hydrogen-bond donors (Lipinski definition) is 2. The summed E-state index contributed by atoms with van der Waals surface area (Å²) in [5.41, 5.74) is 3.46. The van der Waals surface area contributed by atoms with Crippen molar-refractivity contribution in [2.75, 3.05) is 17.2 Å². The van der Waals surface area contributed by atoms with Crippen LogP contribution in [0.2, 0.25) is 0 Å². The van der Waals surface area contributed by atoms with Gasteiger partial charge in [-0.1, -0.05) is 45.4 Å². The van der Waals surface area contributed by atoms with Gasteiger partial charge in [0.25, 0.3) is 5.91 Å². The summed E-state index contributed by atoms with van der Waals surface area (Å²) < 4.78 is 5.77. The minimum Gasteiger partial charge on any atom is -0.483 e. The lowest BCUT2D eigenvalue weighted by Crippen LogP contribution is -2.21. The fourth-order valence-corrected chi connectivity index (χ4v) is 2.82. The molecule has 0 spiro atoms. The van der Waals surface area contributed by atoms with Crippen LogP contribution in [0.5, 0.6) is 5.75 Å². The molecule has 5 nitrogen and oxygen atoms in total. The maximum absolute atomic E-state index is 12.3. The number of aryl methyl sites for hydroxylation is 1. The van der Waals surface area contributed by atoms with Crippen molar-refractivity contribution in [3.8, 4) is 5.75 Å². The highest BCUT2D eigenvalue weighted by atomic mass is 16.5. The first kappa shape index (κ1) is 21.5. The Morgan fingerprint density at radius 1 is 1.00 bits per heavy atom. The molecule has 0 atom stereocenters. The Morgan fingerprint density at radius 2 is 1.68 bits per heavy atom. The van der Waals surface area contributed by atoms with Crippen LogP contribution in [-0.2, 0) is 9.59 Å².